The highest BCUT2D eigenvalue weighted by Gasteiger charge is 2.26. The average molecular weight is 235 g/mol. The molecule has 92 valence electrons. The van der Waals surface area contributed by atoms with Crippen LogP contribution in [0.5, 0.6) is 0 Å². The van der Waals surface area contributed by atoms with Crippen LogP contribution in [-0.2, 0) is 17.6 Å². The van der Waals surface area contributed by atoms with Crippen LogP contribution in [0.15, 0.2) is 0 Å². The van der Waals surface area contributed by atoms with Gasteiger partial charge in [-0.05, 0) is 37.2 Å². The van der Waals surface area contributed by atoms with Crippen LogP contribution in [0.1, 0.15) is 49.1 Å². The third-order valence-electron chi connectivity index (χ3n) is 3.25. The number of fused-ring (bicyclic) bond motifs is 1. The highest BCUT2D eigenvalue weighted by Crippen LogP contribution is 2.35. The van der Waals surface area contributed by atoms with Gasteiger partial charge in [-0.15, -0.1) is 0 Å². The molecule has 5 nitrogen and oxygen atoms in total. The zero-order valence-corrected chi connectivity index (χ0v) is 9.94. The summed E-state index contributed by atoms with van der Waals surface area (Å²) in [5.41, 5.74) is 8.57. The first-order valence-electron chi connectivity index (χ1n) is 5.98. The minimum absolute atomic E-state index is 0.0480. The minimum Gasteiger partial charge on any atom is -0.481 e. The summed E-state index contributed by atoms with van der Waals surface area (Å²) in [6.45, 7) is 2.01. The summed E-state index contributed by atoms with van der Waals surface area (Å²) >= 11 is 0. The third kappa shape index (κ3) is 2.38. The molecule has 3 N–H and O–H groups in total. The number of nitrogens with two attached hydrogens (primary N) is 1. The molecule has 17 heavy (non-hydrogen) atoms. The van der Waals surface area contributed by atoms with Crippen molar-refractivity contribution in [3.8, 4) is 0 Å². The Hall–Kier alpha value is -1.65. The first-order chi connectivity index (χ1) is 8.11. The molecule has 0 aromatic carbocycles. The lowest BCUT2D eigenvalue weighted by Gasteiger charge is -2.25. The van der Waals surface area contributed by atoms with Gasteiger partial charge in [-0.25, -0.2) is 9.97 Å². The Morgan fingerprint density at radius 3 is 2.94 bits per heavy atom. The second-order valence-electron chi connectivity index (χ2n) is 4.43. The van der Waals surface area contributed by atoms with E-state index in [9.17, 15) is 4.79 Å². The second kappa shape index (κ2) is 4.69. The van der Waals surface area contributed by atoms with E-state index in [4.69, 9.17) is 10.8 Å². The van der Waals surface area contributed by atoms with E-state index in [1.807, 2.05) is 6.92 Å². The van der Waals surface area contributed by atoms with Gasteiger partial charge in [0.1, 0.15) is 0 Å². The van der Waals surface area contributed by atoms with Crippen LogP contribution in [0.2, 0.25) is 0 Å². The lowest BCUT2D eigenvalue weighted by molar-refractivity contribution is -0.137. The molecule has 0 radical (unpaired) electrons. The number of rotatable bonds is 3. The molecule has 0 aliphatic heterocycles. The number of carboxylic acids is 1. The van der Waals surface area contributed by atoms with Crippen molar-refractivity contribution in [3.05, 3.63) is 17.0 Å². The van der Waals surface area contributed by atoms with Crippen LogP contribution in [0.3, 0.4) is 0 Å². The standard InChI is InChI=1S/C12H17N3O2/c1-2-8-11-7(6-10(16)17)4-3-5-9(11)15-12(13)14-8/h7H,2-6H2,1H3,(H,16,17)(H2,13,14,15). The predicted octanol–water partition coefficient (Wildman–Crippen LogP) is 1.52. The molecule has 0 amide bonds. The van der Waals surface area contributed by atoms with E-state index in [1.165, 1.54) is 0 Å². The molecule has 1 unspecified atom stereocenters. The lowest BCUT2D eigenvalue weighted by Crippen LogP contribution is -2.19. The van der Waals surface area contributed by atoms with E-state index in [0.717, 1.165) is 42.6 Å². The fraction of sp³-hybridized carbons (Fsp3) is 0.583. The minimum atomic E-state index is -0.762. The summed E-state index contributed by atoms with van der Waals surface area (Å²) in [6.07, 6.45) is 3.69. The van der Waals surface area contributed by atoms with Crippen molar-refractivity contribution < 1.29 is 9.90 Å². The number of nitrogens with zero attached hydrogens (tertiary/aromatic N) is 2. The molecule has 0 spiro atoms. The summed E-state index contributed by atoms with van der Waals surface area (Å²) in [4.78, 5) is 19.4. The molecule has 1 heterocycles. The van der Waals surface area contributed by atoms with Gasteiger partial charge in [0.25, 0.3) is 0 Å². The summed E-state index contributed by atoms with van der Waals surface area (Å²) < 4.78 is 0. The van der Waals surface area contributed by atoms with Crippen LogP contribution in [-0.4, -0.2) is 21.0 Å². The third-order valence-corrected chi connectivity index (χ3v) is 3.25. The summed E-state index contributed by atoms with van der Waals surface area (Å²) in [6, 6.07) is 0. The zero-order valence-electron chi connectivity index (χ0n) is 9.94. The Labute approximate surface area is 100 Å². The van der Waals surface area contributed by atoms with Gasteiger partial charge in [-0.3, -0.25) is 4.79 Å². The molecule has 0 saturated carbocycles. The van der Waals surface area contributed by atoms with Crippen LogP contribution >= 0.6 is 0 Å². The van der Waals surface area contributed by atoms with Gasteiger partial charge < -0.3 is 10.8 Å². The van der Waals surface area contributed by atoms with E-state index in [2.05, 4.69) is 9.97 Å². The SMILES string of the molecule is CCc1nc(N)nc2c1C(CC(=O)O)CCC2. The molecule has 2 rings (SSSR count). The normalized spacial score (nSPS) is 18.8. The molecule has 0 fully saturated rings. The molecule has 1 aliphatic carbocycles. The van der Waals surface area contributed by atoms with Crippen molar-refractivity contribution in [2.75, 3.05) is 5.73 Å². The predicted molar refractivity (Wildman–Crippen MR) is 63.8 cm³/mol. The molecular formula is C12H17N3O2. The fourth-order valence-corrected chi connectivity index (χ4v) is 2.60. The lowest BCUT2D eigenvalue weighted by atomic mass is 9.82. The Bertz CT molecular complexity index is 428. The number of aryl methyl sites for hydroxylation is 2. The van der Waals surface area contributed by atoms with Gasteiger partial charge in [-0.2, -0.15) is 0 Å². The summed E-state index contributed by atoms with van der Waals surface area (Å²) in [5.74, 6) is -0.412. The first-order valence-corrected chi connectivity index (χ1v) is 5.98. The quantitative estimate of drug-likeness (QED) is 0.829. The maximum Gasteiger partial charge on any atom is 0.303 e. The smallest absolute Gasteiger partial charge is 0.303 e. The summed E-state index contributed by atoms with van der Waals surface area (Å²) in [7, 11) is 0. The van der Waals surface area contributed by atoms with Gasteiger partial charge >= 0.3 is 5.97 Å². The van der Waals surface area contributed by atoms with Gasteiger partial charge in [0.2, 0.25) is 5.95 Å². The van der Waals surface area contributed by atoms with Gasteiger partial charge in [0, 0.05) is 11.4 Å². The molecule has 1 atom stereocenters. The Morgan fingerprint density at radius 1 is 1.53 bits per heavy atom. The van der Waals surface area contributed by atoms with Crippen LogP contribution < -0.4 is 5.73 Å². The number of carboxylic acid groups (broad SMARTS) is 1. The summed E-state index contributed by atoms with van der Waals surface area (Å²) in [5, 5.41) is 8.94. The van der Waals surface area contributed by atoms with Crippen molar-refractivity contribution in [2.45, 2.75) is 44.9 Å². The number of anilines is 1. The maximum absolute atomic E-state index is 10.9. The van der Waals surface area contributed by atoms with Crippen molar-refractivity contribution in [1.82, 2.24) is 9.97 Å². The molecule has 5 heteroatoms. The highest BCUT2D eigenvalue weighted by molar-refractivity contribution is 5.68. The molecule has 1 aromatic heterocycles. The highest BCUT2D eigenvalue weighted by atomic mass is 16.4. The van der Waals surface area contributed by atoms with Crippen molar-refractivity contribution in [1.29, 1.82) is 0 Å². The number of nitrogen functional groups attached to an aromatic ring is 1. The zero-order chi connectivity index (χ0) is 12.4. The number of aromatic nitrogens is 2. The largest absolute Gasteiger partial charge is 0.481 e. The second-order valence-corrected chi connectivity index (χ2v) is 4.43. The fourth-order valence-electron chi connectivity index (χ4n) is 2.60. The van der Waals surface area contributed by atoms with Gasteiger partial charge in [-0.1, -0.05) is 6.92 Å². The van der Waals surface area contributed by atoms with Crippen LogP contribution in [0.25, 0.3) is 0 Å². The van der Waals surface area contributed by atoms with Crippen molar-refractivity contribution >= 4 is 11.9 Å². The number of carbonyl (C=O) groups is 1. The van der Waals surface area contributed by atoms with E-state index < -0.39 is 5.97 Å². The number of hydrogen-bond acceptors (Lipinski definition) is 4. The van der Waals surface area contributed by atoms with Crippen molar-refractivity contribution in [2.24, 2.45) is 0 Å². The van der Waals surface area contributed by atoms with Gasteiger partial charge in [0.05, 0.1) is 6.42 Å². The van der Waals surface area contributed by atoms with E-state index in [1.54, 1.807) is 0 Å². The van der Waals surface area contributed by atoms with E-state index >= 15 is 0 Å². The molecule has 1 aliphatic rings. The molecular weight excluding hydrogens is 218 g/mol. The number of aliphatic carboxylic acids is 1. The van der Waals surface area contributed by atoms with E-state index in [-0.39, 0.29) is 12.3 Å². The number of hydrogen-bond donors (Lipinski definition) is 2. The Kier molecular flexibility index (Phi) is 3.26. The topological polar surface area (TPSA) is 89.1 Å². The molecule has 1 aromatic rings. The van der Waals surface area contributed by atoms with Crippen LogP contribution in [0.4, 0.5) is 5.95 Å². The average Bonchev–Trinajstić information content (AvgIpc) is 2.27. The first kappa shape index (κ1) is 11.8. The molecule has 0 saturated heterocycles. The monoisotopic (exact) mass is 235 g/mol. The molecule has 0 bridgehead atoms. The van der Waals surface area contributed by atoms with Crippen LogP contribution in [0, 0.1) is 0 Å². The van der Waals surface area contributed by atoms with Gasteiger partial charge in [0.15, 0.2) is 0 Å². The van der Waals surface area contributed by atoms with E-state index in [0.29, 0.717) is 5.95 Å². The maximum atomic E-state index is 10.9. The Morgan fingerprint density at radius 2 is 2.29 bits per heavy atom. The van der Waals surface area contributed by atoms with Crippen molar-refractivity contribution in [3.63, 3.8) is 0 Å². The Balaban J connectivity index is 2.44.